The number of aliphatic hydroxyl groups excluding tert-OH is 1. The molecule has 0 aliphatic rings. The average Bonchev–Trinajstić information content (AvgIpc) is 3.17. The highest BCUT2D eigenvalue weighted by atomic mass is 35.5. The van der Waals surface area contributed by atoms with Crippen molar-refractivity contribution in [2.45, 2.75) is 6.04 Å². The molecule has 0 radical (unpaired) electrons. The first-order valence-corrected chi connectivity index (χ1v) is 9.70. The summed E-state index contributed by atoms with van der Waals surface area (Å²) >= 11 is 5.73. The highest BCUT2D eigenvalue weighted by Gasteiger charge is 2.16. The van der Waals surface area contributed by atoms with Crippen molar-refractivity contribution in [1.82, 2.24) is 24.3 Å². The molecular formula is C21H18ClFN6O2. The number of benzene rings is 1. The van der Waals surface area contributed by atoms with Gasteiger partial charge < -0.3 is 15.0 Å². The fourth-order valence-electron chi connectivity index (χ4n) is 3.16. The molecule has 3 heterocycles. The second-order valence-corrected chi connectivity index (χ2v) is 7.21. The predicted octanol–water partition coefficient (Wildman–Crippen LogP) is 3.16. The van der Waals surface area contributed by atoms with Crippen LogP contribution in [0.4, 0.5) is 16.2 Å². The molecule has 1 atom stereocenters. The molecule has 31 heavy (non-hydrogen) atoms. The minimum Gasteiger partial charge on any atom is -0.394 e. The van der Waals surface area contributed by atoms with E-state index in [1.54, 1.807) is 54.6 Å². The SMILES string of the molecule is Cn1ccc(Nc2nccc(-c3ccn([C@H](CO)c4ccc(Cl)c(F)c4)c(=O)c3)n2)n1. The van der Waals surface area contributed by atoms with Gasteiger partial charge in [0.2, 0.25) is 5.95 Å². The lowest BCUT2D eigenvalue weighted by Crippen LogP contribution is -2.27. The summed E-state index contributed by atoms with van der Waals surface area (Å²) in [5.74, 6) is 0.317. The van der Waals surface area contributed by atoms with E-state index in [1.165, 1.54) is 22.8 Å². The van der Waals surface area contributed by atoms with Crippen LogP contribution in [0.5, 0.6) is 0 Å². The number of hydrogen-bond donors (Lipinski definition) is 2. The third-order valence-electron chi connectivity index (χ3n) is 4.69. The highest BCUT2D eigenvalue weighted by Crippen LogP contribution is 2.23. The zero-order chi connectivity index (χ0) is 22.0. The van der Waals surface area contributed by atoms with Gasteiger partial charge in [0.15, 0.2) is 5.82 Å². The molecular weight excluding hydrogens is 423 g/mol. The van der Waals surface area contributed by atoms with Crippen LogP contribution in [0, 0.1) is 5.82 Å². The predicted molar refractivity (Wildman–Crippen MR) is 115 cm³/mol. The molecule has 0 unspecified atom stereocenters. The molecule has 1 aromatic carbocycles. The molecule has 0 bridgehead atoms. The maximum atomic E-state index is 13.8. The van der Waals surface area contributed by atoms with E-state index in [0.717, 1.165) is 0 Å². The first-order valence-electron chi connectivity index (χ1n) is 9.32. The molecule has 4 aromatic rings. The molecule has 0 amide bonds. The van der Waals surface area contributed by atoms with Crippen molar-refractivity contribution in [3.05, 3.63) is 87.8 Å². The molecule has 4 rings (SSSR count). The van der Waals surface area contributed by atoms with Crippen molar-refractivity contribution in [1.29, 1.82) is 0 Å². The van der Waals surface area contributed by atoms with Crippen LogP contribution >= 0.6 is 11.6 Å². The Kier molecular flexibility index (Phi) is 5.79. The van der Waals surface area contributed by atoms with Crippen LogP contribution in [0.25, 0.3) is 11.3 Å². The van der Waals surface area contributed by atoms with E-state index < -0.39 is 11.9 Å². The van der Waals surface area contributed by atoms with E-state index in [-0.39, 0.29) is 17.2 Å². The van der Waals surface area contributed by atoms with E-state index in [0.29, 0.717) is 28.6 Å². The molecule has 0 fully saturated rings. The molecule has 2 N–H and O–H groups in total. The number of aryl methyl sites for hydroxylation is 1. The van der Waals surface area contributed by atoms with Crippen LogP contribution < -0.4 is 10.9 Å². The lowest BCUT2D eigenvalue weighted by Gasteiger charge is -2.18. The summed E-state index contributed by atoms with van der Waals surface area (Å²) in [5, 5.41) is 17.0. The fraction of sp³-hybridized carbons (Fsp3) is 0.143. The summed E-state index contributed by atoms with van der Waals surface area (Å²) in [6.45, 7) is -0.383. The zero-order valence-corrected chi connectivity index (χ0v) is 17.2. The fourth-order valence-corrected chi connectivity index (χ4v) is 3.27. The van der Waals surface area contributed by atoms with Crippen molar-refractivity contribution in [3.8, 4) is 11.3 Å². The topological polar surface area (TPSA) is 97.9 Å². The van der Waals surface area contributed by atoms with Crippen molar-refractivity contribution < 1.29 is 9.50 Å². The standard InChI is InChI=1S/C21H18ClFN6O2/c1-28-8-6-19(27-28)26-21-24-7-4-17(25-21)13-5-9-29(20(31)11-13)18(12-30)14-2-3-15(22)16(23)10-14/h2-11,18,30H,12H2,1H3,(H,24,25,26,27)/t18-/m1/s1. The van der Waals surface area contributed by atoms with Gasteiger partial charge in [0.05, 0.1) is 23.4 Å². The van der Waals surface area contributed by atoms with Gasteiger partial charge in [-0.3, -0.25) is 9.48 Å². The van der Waals surface area contributed by atoms with Crippen molar-refractivity contribution in [2.24, 2.45) is 7.05 Å². The highest BCUT2D eigenvalue weighted by molar-refractivity contribution is 6.30. The van der Waals surface area contributed by atoms with Crippen LogP contribution in [0.15, 0.2) is 65.8 Å². The van der Waals surface area contributed by atoms with Crippen LogP contribution in [0.1, 0.15) is 11.6 Å². The van der Waals surface area contributed by atoms with Gasteiger partial charge in [-0.15, -0.1) is 0 Å². The van der Waals surface area contributed by atoms with Gasteiger partial charge in [-0.25, -0.2) is 14.4 Å². The summed E-state index contributed by atoms with van der Waals surface area (Å²) < 4.78 is 16.8. The Labute approximate surface area is 181 Å². The van der Waals surface area contributed by atoms with Crippen molar-refractivity contribution >= 4 is 23.4 Å². The van der Waals surface area contributed by atoms with Gasteiger partial charge in [0, 0.05) is 43.3 Å². The quantitative estimate of drug-likeness (QED) is 0.478. The molecule has 0 saturated heterocycles. The first-order chi connectivity index (χ1) is 14.9. The molecule has 0 aliphatic carbocycles. The molecule has 0 aliphatic heterocycles. The van der Waals surface area contributed by atoms with Crippen LogP contribution in [-0.4, -0.2) is 36.0 Å². The van der Waals surface area contributed by atoms with Gasteiger partial charge in [0.25, 0.3) is 5.56 Å². The number of aromatic nitrogens is 5. The largest absolute Gasteiger partial charge is 0.394 e. The van der Waals surface area contributed by atoms with Gasteiger partial charge >= 0.3 is 0 Å². The van der Waals surface area contributed by atoms with Gasteiger partial charge in [-0.1, -0.05) is 17.7 Å². The monoisotopic (exact) mass is 440 g/mol. The number of nitrogens with one attached hydrogen (secondary N) is 1. The van der Waals surface area contributed by atoms with E-state index in [2.05, 4.69) is 20.4 Å². The van der Waals surface area contributed by atoms with E-state index in [4.69, 9.17) is 11.6 Å². The smallest absolute Gasteiger partial charge is 0.251 e. The van der Waals surface area contributed by atoms with Crippen molar-refractivity contribution in [2.75, 3.05) is 11.9 Å². The summed E-state index contributed by atoms with van der Waals surface area (Å²) in [6.07, 6.45) is 4.90. The Bertz CT molecular complexity index is 1290. The van der Waals surface area contributed by atoms with Crippen LogP contribution in [-0.2, 0) is 7.05 Å². The number of rotatable bonds is 6. The maximum absolute atomic E-state index is 13.8. The minimum absolute atomic E-state index is 0.0259. The number of nitrogens with zero attached hydrogens (tertiary/aromatic N) is 5. The van der Waals surface area contributed by atoms with E-state index in [9.17, 15) is 14.3 Å². The van der Waals surface area contributed by atoms with E-state index in [1.807, 2.05) is 0 Å². The lowest BCUT2D eigenvalue weighted by atomic mass is 10.1. The molecule has 10 heteroatoms. The van der Waals surface area contributed by atoms with Gasteiger partial charge in [-0.2, -0.15) is 5.10 Å². The van der Waals surface area contributed by atoms with Gasteiger partial charge in [0.1, 0.15) is 5.82 Å². The molecule has 8 nitrogen and oxygen atoms in total. The third-order valence-corrected chi connectivity index (χ3v) is 5.00. The molecule has 0 saturated carbocycles. The Hall–Kier alpha value is -3.56. The zero-order valence-electron chi connectivity index (χ0n) is 16.4. The summed E-state index contributed by atoms with van der Waals surface area (Å²) in [5.41, 5.74) is 1.18. The second kappa shape index (κ2) is 8.66. The van der Waals surface area contributed by atoms with Crippen molar-refractivity contribution in [3.63, 3.8) is 0 Å². The molecule has 0 spiro atoms. The molecule has 3 aromatic heterocycles. The van der Waals surface area contributed by atoms with Gasteiger partial charge in [-0.05, 0) is 29.8 Å². The number of hydrogen-bond acceptors (Lipinski definition) is 6. The summed E-state index contributed by atoms with van der Waals surface area (Å²) in [6, 6.07) is 10.00. The maximum Gasteiger partial charge on any atom is 0.251 e. The van der Waals surface area contributed by atoms with Crippen LogP contribution in [0.2, 0.25) is 5.02 Å². The number of pyridine rings is 1. The minimum atomic E-state index is -0.750. The normalized spacial score (nSPS) is 12.0. The second-order valence-electron chi connectivity index (χ2n) is 6.80. The molecule has 158 valence electrons. The number of anilines is 2. The summed E-state index contributed by atoms with van der Waals surface area (Å²) in [4.78, 5) is 21.4. The first kappa shape index (κ1) is 20.7. The Morgan fingerprint density at radius 3 is 2.71 bits per heavy atom. The Morgan fingerprint density at radius 1 is 1.19 bits per heavy atom. The third kappa shape index (κ3) is 4.47. The Morgan fingerprint density at radius 2 is 2.03 bits per heavy atom. The summed E-state index contributed by atoms with van der Waals surface area (Å²) in [7, 11) is 1.80. The number of aliphatic hydroxyl groups is 1. The Balaban J connectivity index is 1.63. The van der Waals surface area contributed by atoms with E-state index >= 15 is 0 Å². The lowest BCUT2D eigenvalue weighted by molar-refractivity contribution is 0.247. The van der Waals surface area contributed by atoms with Crippen LogP contribution in [0.3, 0.4) is 0 Å². The average molecular weight is 441 g/mol. The number of halogens is 2.